The first kappa shape index (κ1) is 7.71. The maximum Gasteiger partial charge on any atom is 0.269 e. The SMILES string of the molecule is OC(=S)NN1CCNCC1. The van der Waals surface area contributed by atoms with E-state index in [1.165, 1.54) is 0 Å². The number of nitrogens with zero attached hydrogens (tertiary/aromatic N) is 1. The van der Waals surface area contributed by atoms with Crippen LogP contribution in [0.5, 0.6) is 0 Å². The number of hydrogen-bond acceptors (Lipinski definition) is 3. The molecule has 1 saturated heterocycles. The molecular weight excluding hydrogens is 150 g/mol. The molecule has 0 aromatic carbocycles. The van der Waals surface area contributed by atoms with Crippen LogP contribution in [0.25, 0.3) is 0 Å². The second-order valence-electron chi connectivity index (χ2n) is 2.15. The zero-order valence-corrected chi connectivity index (χ0v) is 6.45. The Morgan fingerprint density at radius 2 is 2.10 bits per heavy atom. The van der Waals surface area contributed by atoms with E-state index in [4.69, 9.17) is 5.11 Å². The zero-order valence-electron chi connectivity index (χ0n) is 5.63. The Bertz CT molecular complexity index is 124. The highest BCUT2D eigenvalue weighted by atomic mass is 32.1. The van der Waals surface area contributed by atoms with Gasteiger partial charge in [0.15, 0.2) is 0 Å². The van der Waals surface area contributed by atoms with Crippen LogP contribution >= 0.6 is 12.2 Å². The van der Waals surface area contributed by atoms with Crippen molar-refractivity contribution in [1.29, 1.82) is 0 Å². The summed E-state index contributed by atoms with van der Waals surface area (Å²) in [7, 11) is 0. The van der Waals surface area contributed by atoms with Crippen molar-refractivity contribution in [3.63, 3.8) is 0 Å². The molecule has 1 rings (SSSR count). The van der Waals surface area contributed by atoms with E-state index >= 15 is 0 Å². The molecule has 0 radical (unpaired) electrons. The van der Waals surface area contributed by atoms with Gasteiger partial charge in [-0.2, -0.15) is 0 Å². The average Bonchev–Trinajstić information content (AvgIpc) is 1.88. The van der Waals surface area contributed by atoms with Gasteiger partial charge in [0.1, 0.15) is 0 Å². The Morgan fingerprint density at radius 1 is 1.50 bits per heavy atom. The summed E-state index contributed by atoms with van der Waals surface area (Å²) in [5.74, 6) is 0. The van der Waals surface area contributed by atoms with Gasteiger partial charge in [0.25, 0.3) is 5.17 Å². The van der Waals surface area contributed by atoms with Crippen LogP contribution in [0.2, 0.25) is 0 Å². The molecule has 58 valence electrons. The van der Waals surface area contributed by atoms with Crippen LogP contribution in [0.3, 0.4) is 0 Å². The lowest BCUT2D eigenvalue weighted by Crippen LogP contribution is -2.51. The number of nitrogens with one attached hydrogen (secondary N) is 2. The van der Waals surface area contributed by atoms with Gasteiger partial charge in [-0.15, -0.1) is 0 Å². The number of aliphatic hydroxyl groups is 1. The van der Waals surface area contributed by atoms with E-state index < -0.39 is 0 Å². The van der Waals surface area contributed by atoms with Crippen LogP contribution in [-0.4, -0.2) is 41.5 Å². The molecule has 10 heavy (non-hydrogen) atoms. The predicted molar refractivity (Wildman–Crippen MR) is 42.8 cm³/mol. The molecule has 0 aromatic rings. The molecule has 0 unspecified atom stereocenters. The van der Waals surface area contributed by atoms with Gasteiger partial charge in [-0.3, -0.25) is 5.43 Å². The second kappa shape index (κ2) is 3.70. The molecule has 0 atom stereocenters. The zero-order chi connectivity index (χ0) is 7.40. The van der Waals surface area contributed by atoms with E-state index in [-0.39, 0.29) is 5.17 Å². The van der Waals surface area contributed by atoms with Crippen molar-refractivity contribution in [2.24, 2.45) is 0 Å². The quantitative estimate of drug-likeness (QED) is 0.441. The van der Waals surface area contributed by atoms with Crippen molar-refractivity contribution in [1.82, 2.24) is 15.8 Å². The third-order valence-corrected chi connectivity index (χ3v) is 1.46. The fourth-order valence-electron chi connectivity index (χ4n) is 0.912. The monoisotopic (exact) mass is 161 g/mol. The molecule has 1 fully saturated rings. The second-order valence-corrected chi connectivity index (χ2v) is 2.54. The van der Waals surface area contributed by atoms with Crippen LogP contribution < -0.4 is 10.7 Å². The summed E-state index contributed by atoms with van der Waals surface area (Å²) in [4.78, 5) is 0. The van der Waals surface area contributed by atoms with Gasteiger partial charge >= 0.3 is 0 Å². The molecule has 4 nitrogen and oxygen atoms in total. The number of thiocarbonyl (C=S) groups is 1. The third-order valence-electron chi connectivity index (χ3n) is 1.37. The van der Waals surface area contributed by atoms with Crippen LogP contribution in [-0.2, 0) is 0 Å². The predicted octanol–water partition coefficient (Wildman–Crippen LogP) is -0.761. The standard InChI is InChI=1S/C5H11N3OS/c9-5(10)7-8-3-1-6-2-4-8/h6H,1-4H2,(H2,7,9,10). The molecule has 0 spiro atoms. The van der Waals surface area contributed by atoms with Crippen molar-refractivity contribution < 1.29 is 5.11 Å². The van der Waals surface area contributed by atoms with Gasteiger partial charge in [0.05, 0.1) is 0 Å². The largest absolute Gasteiger partial charge is 0.486 e. The van der Waals surface area contributed by atoms with Crippen LogP contribution in [0, 0.1) is 0 Å². The normalized spacial score (nSPS) is 20.4. The smallest absolute Gasteiger partial charge is 0.269 e. The summed E-state index contributed by atoms with van der Waals surface area (Å²) < 4.78 is 0. The van der Waals surface area contributed by atoms with Crippen LogP contribution in [0.4, 0.5) is 0 Å². The molecular formula is C5H11N3OS. The van der Waals surface area contributed by atoms with Gasteiger partial charge in [-0.05, 0) is 12.2 Å². The Balaban J connectivity index is 2.19. The molecule has 0 amide bonds. The van der Waals surface area contributed by atoms with Gasteiger partial charge in [-0.25, -0.2) is 5.01 Å². The highest BCUT2D eigenvalue weighted by molar-refractivity contribution is 7.79. The molecule has 1 aliphatic rings. The fraction of sp³-hybridized carbons (Fsp3) is 0.800. The minimum atomic E-state index is -0.151. The third kappa shape index (κ3) is 2.47. The number of piperazine rings is 1. The van der Waals surface area contributed by atoms with Gasteiger partial charge < -0.3 is 10.4 Å². The van der Waals surface area contributed by atoms with Crippen molar-refractivity contribution in [2.75, 3.05) is 26.2 Å². The molecule has 5 heteroatoms. The number of hydrogen-bond donors (Lipinski definition) is 3. The lowest BCUT2D eigenvalue weighted by Gasteiger charge is -2.26. The van der Waals surface area contributed by atoms with E-state index in [9.17, 15) is 0 Å². The minimum absolute atomic E-state index is 0.151. The summed E-state index contributed by atoms with van der Waals surface area (Å²) in [5, 5.41) is 13.6. The highest BCUT2D eigenvalue weighted by Crippen LogP contribution is 1.85. The maximum absolute atomic E-state index is 8.66. The lowest BCUT2D eigenvalue weighted by molar-refractivity contribution is 0.194. The average molecular weight is 161 g/mol. The van der Waals surface area contributed by atoms with E-state index in [1.807, 2.05) is 5.01 Å². The summed E-state index contributed by atoms with van der Waals surface area (Å²) in [6.45, 7) is 3.63. The lowest BCUT2D eigenvalue weighted by atomic mass is 10.4. The topological polar surface area (TPSA) is 47.5 Å². The van der Waals surface area contributed by atoms with Crippen molar-refractivity contribution >= 4 is 17.4 Å². The number of hydrazine groups is 1. The first-order valence-corrected chi connectivity index (χ1v) is 3.65. The molecule has 3 N–H and O–H groups in total. The van der Waals surface area contributed by atoms with Crippen LogP contribution in [0.1, 0.15) is 0 Å². The van der Waals surface area contributed by atoms with E-state index in [1.54, 1.807) is 0 Å². The van der Waals surface area contributed by atoms with Crippen molar-refractivity contribution in [2.45, 2.75) is 0 Å². The maximum atomic E-state index is 8.66. The van der Waals surface area contributed by atoms with Crippen molar-refractivity contribution in [3.05, 3.63) is 0 Å². The number of aliphatic hydroxyl groups excluding tert-OH is 1. The Kier molecular flexibility index (Phi) is 2.85. The Labute approximate surface area is 65.2 Å². The van der Waals surface area contributed by atoms with Crippen LogP contribution in [0.15, 0.2) is 0 Å². The van der Waals surface area contributed by atoms with E-state index in [0.29, 0.717) is 0 Å². The summed E-state index contributed by atoms with van der Waals surface area (Å²) in [6, 6.07) is 0. The molecule has 0 aliphatic carbocycles. The minimum Gasteiger partial charge on any atom is -0.486 e. The summed E-state index contributed by atoms with van der Waals surface area (Å²) in [5.41, 5.74) is 2.66. The first-order valence-electron chi connectivity index (χ1n) is 3.24. The fourth-order valence-corrected chi connectivity index (χ4v) is 1.04. The van der Waals surface area contributed by atoms with Gasteiger partial charge in [-0.1, -0.05) is 0 Å². The van der Waals surface area contributed by atoms with Crippen molar-refractivity contribution in [3.8, 4) is 0 Å². The highest BCUT2D eigenvalue weighted by Gasteiger charge is 2.08. The molecule has 0 aromatic heterocycles. The Hall–Kier alpha value is -0.390. The molecule has 1 heterocycles. The molecule has 1 aliphatic heterocycles. The van der Waals surface area contributed by atoms with Gasteiger partial charge in [0.2, 0.25) is 0 Å². The first-order chi connectivity index (χ1) is 4.79. The van der Waals surface area contributed by atoms with Gasteiger partial charge in [0, 0.05) is 26.2 Å². The van der Waals surface area contributed by atoms with E-state index in [2.05, 4.69) is 23.0 Å². The Morgan fingerprint density at radius 3 is 2.60 bits per heavy atom. The van der Waals surface area contributed by atoms with E-state index in [0.717, 1.165) is 26.2 Å². The number of rotatable bonds is 1. The molecule has 0 bridgehead atoms. The summed E-state index contributed by atoms with van der Waals surface area (Å²) in [6.07, 6.45) is 0. The summed E-state index contributed by atoms with van der Waals surface area (Å²) >= 11 is 4.46. The molecule has 0 saturated carbocycles.